The zero-order chi connectivity index (χ0) is 15.1. The molecule has 1 saturated heterocycles. The van der Waals surface area contributed by atoms with E-state index in [0.717, 1.165) is 25.6 Å². The van der Waals surface area contributed by atoms with Crippen molar-refractivity contribution in [2.24, 2.45) is 5.92 Å². The Balaban J connectivity index is 2.03. The maximum atomic E-state index is 4.68. The van der Waals surface area contributed by atoms with Gasteiger partial charge in [0, 0.05) is 37.4 Å². The Morgan fingerprint density at radius 3 is 2.95 bits per heavy atom. The lowest BCUT2D eigenvalue weighted by molar-refractivity contribution is 0.435. The quantitative estimate of drug-likeness (QED) is 0.858. The number of rotatable bonds is 6. The van der Waals surface area contributed by atoms with E-state index in [4.69, 9.17) is 0 Å². The average Bonchev–Trinajstić information content (AvgIpc) is 2.71. The summed E-state index contributed by atoms with van der Waals surface area (Å²) in [6.45, 7) is 9.92. The highest BCUT2D eigenvalue weighted by atomic mass is 15.2. The van der Waals surface area contributed by atoms with E-state index in [9.17, 15) is 0 Å². The summed E-state index contributed by atoms with van der Waals surface area (Å²) in [5.74, 6) is 2.11. The van der Waals surface area contributed by atoms with Crippen molar-refractivity contribution in [1.29, 1.82) is 0 Å². The zero-order valence-electron chi connectivity index (χ0n) is 13.9. The van der Waals surface area contributed by atoms with Crippen LogP contribution in [0.25, 0.3) is 0 Å². The Bertz CT molecular complexity index is 417. The van der Waals surface area contributed by atoms with Gasteiger partial charge in [-0.15, -0.1) is 0 Å². The molecule has 1 atom stereocenters. The third-order valence-electron chi connectivity index (χ3n) is 4.41. The van der Waals surface area contributed by atoms with Gasteiger partial charge in [-0.05, 0) is 31.2 Å². The molecule has 1 aliphatic rings. The fraction of sp³-hybridized carbons (Fsp3) is 0.722. The van der Waals surface area contributed by atoms with E-state index in [1.807, 2.05) is 6.20 Å². The van der Waals surface area contributed by atoms with Crippen LogP contribution in [0.2, 0.25) is 0 Å². The molecule has 0 radical (unpaired) electrons. The van der Waals surface area contributed by atoms with Gasteiger partial charge in [-0.2, -0.15) is 0 Å². The first-order chi connectivity index (χ1) is 10.2. The summed E-state index contributed by atoms with van der Waals surface area (Å²) in [5, 5.41) is 3.52. The molecule has 1 N–H and O–H groups in total. The van der Waals surface area contributed by atoms with Crippen LogP contribution in [0.1, 0.15) is 58.4 Å². The van der Waals surface area contributed by atoms with E-state index in [2.05, 4.69) is 48.1 Å². The van der Waals surface area contributed by atoms with Gasteiger partial charge in [0.2, 0.25) is 0 Å². The predicted octanol–water partition coefficient (Wildman–Crippen LogP) is 3.99. The van der Waals surface area contributed by atoms with Crippen LogP contribution in [-0.4, -0.2) is 24.1 Å². The first-order valence-corrected chi connectivity index (χ1v) is 8.63. The van der Waals surface area contributed by atoms with E-state index in [0.29, 0.717) is 6.04 Å². The second kappa shape index (κ2) is 8.38. The number of aromatic nitrogens is 1. The van der Waals surface area contributed by atoms with Gasteiger partial charge in [0.25, 0.3) is 0 Å². The molecule has 0 amide bonds. The molecule has 0 spiro atoms. The predicted molar refractivity (Wildman–Crippen MR) is 90.7 cm³/mol. The molecule has 2 rings (SSSR count). The maximum absolute atomic E-state index is 4.68. The number of hydrogen-bond acceptors (Lipinski definition) is 3. The monoisotopic (exact) mass is 289 g/mol. The fourth-order valence-electron chi connectivity index (χ4n) is 3.24. The van der Waals surface area contributed by atoms with Crippen molar-refractivity contribution in [2.75, 3.05) is 18.0 Å². The molecule has 1 aromatic rings. The number of anilines is 1. The lowest BCUT2D eigenvalue weighted by Crippen LogP contribution is -2.28. The van der Waals surface area contributed by atoms with Gasteiger partial charge >= 0.3 is 0 Å². The standard InChI is InChI=1S/C18H31N3/c1-4-7-16-8-6-12-21(13-10-16)18-17(9-5-11-19-18)14-20-15(2)3/h5,9,11,15-16,20H,4,6-8,10,12-14H2,1-3H3. The van der Waals surface area contributed by atoms with Crippen LogP contribution < -0.4 is 10.2 Å². The highest BCUT2D eigenvalue weighted by molar-refractivity contribution is 5.46. The fourth-order valence-corrected chi connectivity index (χ4v) is 3.24. The van der Waals surface area contributed by atoms with Crippen LogP contribution >= 0.6 is 0 Å². The normalized spacial score (nSPS) is 19.8. The maximum Gasteiger partial charge on any atom is 0.133 e. The molecule has 1 fully saturated rings. The molecule has 1 unspecified atom stereocenters. The second-order valence-corrected chi connectivity index (χ2v) is 6.59. The largest absolute Gasteiger partial charge is 0.356 e. The van der Waals surface area contributed by atoms with Crippen LogP contribution in [0, 0.1) is 5.92 Å². The molecule has 0 bridgehead atoms. The summed E-state index contributed by atoms with van der Waals surface area (Å²) in [6, 6.07) is 4.78. The Labute approximate surface area is 130 Å². The van der Waals surface area contributed by atoms with Crippen molar-refractivity contribution in [3.8, 4) is 0 Å². The minimum absolute atomic E-state index is 0.510. The molecular weight excluding hydrogens is 258 g/mol. The molecule has 1 aliphatic heterocycles. The molecule has 3 heteroatoms. The minimum Gasteiger partial charge on any atom is -0.356 e. The van der Waals surface area contributed by atoms with Crippen molar-refractivity contribution in [2.45, 2.75) is 65.5 Å². The topological polar surface area (TPSA) is 28.2 Å². The Hall–Kier alpha value is -1.09. The molecule has 21 heavy (non-hydrogen) atoms. The van der Waals surface area contributed by atoms with Crippen molar-refractivity contribution >= 4 is 5.82 Å². The Kier molecular flexibility index (Phi) is 6.50. The van der Waals surface area contributed by atoms with Gasteiger partial charge in [-0.1, -0.05) is 39.7 Å². The van der Waals surface area contributed by atoms with Gasteiger partial charge in [-0.25, -0.2) is 4.98 Å². The zero-order valence-corrected chi connectivity index (χ0v) is 13.9. The van der Waals surface area contributed by atoms with Crippen molar-refractivity contribution in [3.05, 3.63) is 23.9 Å². The molecule has 0 saturated carbocycles. The van der Waals surface area contributed by atoms with Crippen LogP contribution in [0.3, 0.4) is 0 Å². The minimum atomic E-state index is 0.510. The van der Waals surface area contributed by atoms with Crippen molar-refractivity contribution < 1.29 is 0 Å². The van der Waals surface area contributed by atoms with Gasteiger partial charge in [0.1, 0.15) is 5.82 Å². The Morgan fingerprint density at radius 1 is 1.33 bits per heavy atom. The summed E-state index contributed by atoms with van der Waals surface area (Å²) in [7, 11) is 0. The third kappa shape index (κ3) is 4.99. The SMILES string of the molecule is CCCC1CCCN(c2ncccc2CNC(C)C)CC1. The number of pyridine rings is 1. The lowest BCUT2D eigenvalue weighted by atomic mass is 9.96. The summed E-state index contributed by atoms with van der Waals surface area (Å²) >= 11 is 0. The third-order valence-corrected chi connectivity index (χ3v) is 4.41. The van der Waals surface area contributed by atoms with Crippen LogP contribution in [0.5, 0.6) is 0 Å². The first kappa shape index (κ1) is 16.3. The van der Waals surface area contributed by atoms with Crippen molar-refractivity contribution in [3.63, 3.8) is 0 Å². The molecule has 0 aliphatic carbocycles. The second-order valence-electron chi connectivity index (χ2n) is 6.59. The highest BCUT2D eigenvalue weighted by Crippen LogP contribution is 2.26. The van der Waals surface area contributed by atoms with Crippen LogP contribution in [0.15, 0.2) is 18.3 Å². The van der Waals surface area contributed by atoms with Gasteiger partial charge < -0.3 is 10.2 Å². The summed E-state index contributed by atoms with van der Waals surface area (Å²) in [4.78, 5) is 7.19. The van der Waals surface area contributed by atoms with Crippen LogP contribution in [0.4, 0.5) is 5.82 Å². The van der Waals surface area contributed by atoms with Gasteiger partial charge in [-0.3, -0.25) is 0 Å². The van der Waals surface area contributed by atoms with E-state index < -0.39 is 0 Å². The highest BCUT2D eigenvalue weighted by Gasteiger charge is 2.19. The molecule has 3 nitrogen and oxygen atoms in total. The smallest absolute Gasteiger partial charge is 0.133 e. The molecule has 0 aromatic carbocycles. The summed E-state index contributed by atoms with van der Waals surface area (Å²) < 4.78 is 0. The lowest BCUT2D eigenvalue weighted by Gasteiger charge is -2.24. The van der Waals surface area contributed by atoms with E-state index in [1.165, 1.54) is 43.5 Å². The Morgan fingerprint density at radius 2 is 2.19 bits per heavy atom. The molecule has 1 aromatic heterocycles. The van der Waals surface area contributed by atoms with Crippen LogP contribution in [-0.2, 0) is 6.54 Å². The molecule has 2 heterocycles. The van der Waals surface area contributed by atoms with E-state index in [1.54, 1.807) is 0 Å². The average molecular weight is 289 g/mol. The van der Waals surface area contributed by atoms with Crippen molar-refractivity contribution in [1.82, 2.24) is 10.3 Å². The van der Waals surface area contributed by atoms with E-state index in [-0.39, 0.29) is 0 Å². The summed E-state index contributed by atoms with van der Waals surface area (Å²) in [6.07, 6.45) is 8.65. The number of hydrogen-bond donors (Lipinski definition) is 1. The van der Waals surface area contributed by atoms with Gasteiger partial charge in [0.15, 0.2) is 0 Å². The van der Waals surface area contributed by atoms with Gasteiger partial charge in [0.05, 0.1) is 0 Å². The number of nitrogens with one attached hydrogen (secondary N) is 1. The molecular formula is C18H31N3. The number of nitrogens with zero attached hydrogens (tertiary/aromatic N) is 2. The first-order valence-electron chi connectivity index (χ1n) is 8.63. The van der Waals surface area contributed by atoms with E-state index >= 15 is 0 Å². The molecule has 118 valence electrons. The summed E-state index contributed by atoms with van der Waals surface area (Å²) in [5.41, 5.74) is 1.33.